The predicted octanol–water partition coefficient (Wildman–Crippen LogP) is 15.0. The Morgan fingerprint density at radius 1 is 0.397 bits per heavy atom. The van der Waals surface area contributed by atoms with E-state index < -0.39 is 63.8 Å². The van der Waals surface area contributed by atoms with Gasteiger partial charge in [-0.3, -0.25) is 29.4 Å². The number of hydrogen-bond acceptors (Lipinski definition) is 19. The molecule has 8 aromatic carbocycles. The minimum Gasteiger partial charge on any atom is -0.492 e. The molecule has 0 saturated carbocycles. The third-order valence-corrected chi connectivity index (χ3v) is 25.1. The fourth-order valence-electron chi connectivity index (χ4n) is 18.7. The van der Waals surface area contributed by atoms with Gasteiger partial charge in [0.2, 0.25) is 0 Å². The van der Waals surface area contributed by atoms with Crippen LogP contribution in [0.1, 0.15) is 80.9 Å². The lowest BCUT2D eigenvalue weighted by atomic mass is 10.0. The predicted molar refractivity (Wildman–Crippen MR) is 496 cm³/mol. The van der Waals surface area contributed by atoms with Crippen molar-refractivity contribution >= 4 is 151 Å². The Kier molecular flexibility index (Phi) is 20.6. The molecule has 0 aliphatic carbocycles. The number of aromatic carboxylic acids is 4. The summed E-state index contributed by atoms with van der Waals surface area (Å²) in [6.07, 6.45) is 10.8. The highest BCUT2D eigenvalue weighted by atomic mass is 35.5. The van der Waals surface area contributed by atoms with Gasteiger partial charge in [-0.15, -0.1) is 0 Å². The number of aromatic amines is 8. The van der Waals surface area contributed by atoms with E-state index >= 15 is 8.78 Å². The fraction of sp³-hybridized carbons (Fsp3) is 0.104. The van der Waals surface area contributed by atoms with Gasteiger partial charge in [-0.05, 0) is 144 Å². The second-order valence-electron chi connectivity index (χ2n) is 32.4. The molecular formula is C96H68ClF4N19O16. The van der Waals surface area contributed by atoms with Crippen LogP contribution in [-0.4, -0.2) is 143 Å². The molecule has 3 aliphatic heterocycles. The van der Waals surface area contributed by atoms with E-state index in [-0.39, 0.29) is 138 Å². The quantitative estimate of drug-likeness (QED) is 0.0400. The number of nitrogens with one attached hydrogen (secondary N) is 8. The SMILES string of the molecule is Nc1c[nH]c2cc(F)c(Cn3c(C(=O)O)c(-c4ccc[nH]c4=O)c4c5c(ccc43)CCO5)cc12.Nc1n[nH]c2cc(Cl)c(Cn3c(C(=O)O)c(-c4ccc[nH]c4=O)c4c5c(ccc43)CCO5)cc12.Nc1n[nH]c2cc(Cn3c(C(=O)O)c(-c4ccc[nH]c4=O)c4c5occc5c(F)cc43)c(F)cc12.O=C(O)c1c(-c2ccc[nH]c2=O)c2c3c(ccc2n1Cc1cc2n[nH]nc2cc1F)CCO3. The van der Waals surface area contributed by atoms with E-state index in [9.17, 15) is 67.6 Å². The molecule has 0 atom stereocenters. The summed E-state index contributed by atoms with van der Waals surface area (Å²) in [6, 6.07) is 38.4. The monoisotopic (exact) mass is 1850 g/mol. The van der Waals surface area contributed by atoms with Gasteiger partial charge in [0.15, 0.2) is 11.6 Å². The van der Waals surface area contributed by atoms with Crippen molar-refractivity contribution in [3.63, 3.8) is 0 Å². The fourth-order valence-corrected chi connectivity index (χ4v) is 18.9. The maximum absolute atomic E-state index is 15.1. The highest BCUT2D eigenvalue weighted by Gasteiger charge is 2.37. The standard InChI is InChI=1S/C25H19FN4O4.C24H18ClN5O4.C24H15F2N5O4.C23H16FN5O4/c26-16-9-18-15(17(27)10-29-18)8-13(16)11-30-19-4-3-12-5-7-34-23(12)21(19)20(22(30)25(32)33)14-2-1-6-28-24(14)31;25-15-9-16-14(22(26)29-28-16)8-12(15)10-30-17-4-3-11-5-7-34-21(11)19(17)18(20(30)24(32)33)13-2-1-6-27-23(13)31;25-14-7-13-16(29-30-22(13)27)6-10(14)9-31-17-8-15(26)11-3-5-35-21(11)19(17)18(20(31)24(33)34)12-2-1-4-28-23(12)32;24-14-9-16-15(26-28-27-16)8-12(14)10-29-17-4-3-11-5-7-33-21(11)19(17)18(20(29)23(31)32)13-2-1-6-25-22(13)30/h1-4,6,8-10,29H,5,7,11,27H2,(H,28,31)(H,32,33);1-4,6,8-9H,5,7,10H2,(H,27,31)(H,32,33)(H3,26,28,29);1-8H,9H2,(H,28,32)(H,33,34)(H3,27,29,30);1-4,6,8-9H,5,7,10H2,(H,25,30)(H,31,32)(H,26,27,28). The molecule has 24 rings (SSSR count). The van der Waals surface area contributed by atoms with E-state index in [4.69, 9.17) is 47.4 Å². The van der Waals surface area contributed by atoms with Crippen LogP contribution in [0.3, 0.4) is 0 Å². The molecule has 0 fully saturated rings. The first-order valence-electron chi connectivity index (χ1n) is 41.9. The second kappa shape index (κ2) is 33.0. The van der Waals surface area contributed by atoms with Crippen molar-refractivity contribution in [3.8, 4) is 61.8 Å². The molecule has 13 aromatic heterocycles. The van der Waals surface area contributed by atoms with Crippen LogP contribution in [0.15, 0.2) is 206 Å². The minimum atomic E-state index is -1.38. The number of aromatic nitrogens is 16. The first-order chi connectivity index (χ1) is 65.7. The first-order valence-corrected chi connectivity index (χ1v) is 42.3. The van der Waals surface area contributed by atoms with Crippen molar-refractivity contribution in [2.45, 2.75) is 45.4 Å². The number of nitrogens with two attached hydrogens (primary N) is 3. The lowest BCUT2D eigenvalue weighted by Gasteiger charge is -2.11. The number of fused-ring (bicyclic) bond motifs is 16. The van der Waals surface area contributed by atoms with E-state index in [0.29, 0.717) is 160 Å². The van der Waals surface area contributed by atoms with Crippen LogP contribution in [0.4, 0.5) is 34.9 Å². The van der Waals surface area contributed by atoms with Crippen LogP contribution in [0.2, 0.25) is 5.02 Å². The molecule has 0 spiro atoms. The molecule has 0 radical (unpaired) electrons. The first kappa shape index (κ1) is 84.7. The van der Waals surface area contributed by atoms with Crippen molar-refractivity contribution in [1.82, 2.24) is 79.0 Å². The van der Waals surface area contributed by atoms with Gasteiger partial charge in [0, 0.05) is 123 Å². The van der Waals surface area contributed by atoms with Crippen molar-refractivity contribution in [2.75, 3.05) is 37.0 Å². The average Bonchev–Trinajstić information content (AvgIpc) is 1.58. The number of benzene rings is 8. The van der Waals surface area contributed by atoms with Crippen LogP contribution in [0, 0.1) is 23.3 Å². The van der Waals surface area contributed by atoms with Gasteiger partial charge in [0.05, 0.1) is 139 Å². The largest absolute Gasteiger partial charge is 0.492 e. The normalized spacial score (nSPS) is 12.6. The Bertz CT molecular complexity index is 8720. The molecule has 0 unspecified atom stereocenters. The zero-order chi connectivity index (χ0) is 94.2. The molecular weight excluding hydrogens is 1790 g/mol. The van der Waals surface area contributed by atoms with E-state index in [1.54, 1.807) is 83.6 Å². The van der Waals surface area contributed by atoms with Gasteiger partial charge in [-0.25, -0.2) is 36.7 Å². The average molecular weight is 1860 g/mol. The topological polar surface area (TPSA) is 534 Å². The van der Waals surface area contributed by atoms with E-state index in [0.717, 1.165) is 22.8 Å². The highest BCUT2D eigenvalue weighted by Crippen LogP contribution is 2.49. The van der Waals surface area contributed by atoms with Crippen LogP contribution >= 0.6 is 11.6 Å². The summed E-state index contributed by atoms with van der Waals surface area (Å²) >= 11 is 6.56. The summed E-state index contributed by atoms with van der Waals surface area (Å²) in [5.74, 6) is -5.18. The number of hydrogen-bond donors (Lipinski definition) is 15. The molecule has 16 heterocycles. The van der Waals surface area contributed by atoms with Crippen molar-refractivity contribution in [2.24, 2.45) is 0 Å². The lowest BCUT2D eigenvalue weighted by molar-refractivity contribution is 0.0676. The molecule has 35 nitrogen and oxygen atoms in total. The number of halogens is 5. The zero-order valence-corrected chi connectivity index (χ0v) is 71.0. The molecule has 3 aliphatic rings. The number of rotatable bonds is 16. The Balaban J connectivity index is 0.000000108. The molecule has 18 N–H and O–H groups in total. The van der Waals surface area contributed by atoms with Crippen molar-refractivity contribution in [3.05, 3.63) is 314 Å². The summed E-state index contributed by atoms with van der Waals surface area (Å²) in [5.41, 5.74) is 26.0. The Morgan fingerprint density at radius 3 is 1.24 bits per heavy atom. The van der Waals surface area contributed by atoms with Crippen molar-refractivity contribution in [1.29, 1.82) is 0 Å². The van der Waals surface area contributed by atoms with Gasteiger partial charge in [0.25, 0.3) is 22.2 Å². The smallest absolute Gasteiger partial charge is 0.353 e. The molecule has 21 aromatic rings. The number of carboxylic acid groups (broad SMARTS) is 4. The number of carboxylic acids is 4. The molecule has 0 saturated heterocycles. The van der Waals surface area contributed by atoms with Crippen molar-refractivity contribution < 1.29 is 75.8 Å². The number of nitrogens with zero attached hydrogens (tertiary/aromatic N) is 8. The van der Waals surface area contributed by atoms with Crippen LogP contribution < -0.4 is 53.6 Å². The lowest BCUT2D eigenvalue weighted by Crippen LogP contribution is -2.14. The van der Waals surface area contributed by atoms with E-state index in [2.05, 4.69) is 60.7 Å². The number of H-pyrrole nitrogens is 8. The third kappa shape index (κ3) is 14.0. The second-order valence-corrected chi connectivity index (χ2v) is 32.8. The Morgan fingerprint density at radius 2 is 0.787 bits per heavy atom. The minimum absolute atomic E-state index is 0.0214. The molecule has 136 heavy (non-hydrogen) atoms. The van der Waals surface area contributed by atoms with Gasteiger partial charge in [-0.2, -0.15) is 25.6 Å². The van der Waals surface area contributed by atoms with Crippen LogP contribution in [0.5, 0.6) is 17.2 Å². The maximum Gasteiger partial charge on any atom is 0.353 e. The number of anilines is 3. The molecule has 678 valence electrons. The highest BCUT2D eigenvalue weighted by molar-refractivity contribution is 6.32. The van der Waals surface area contributed by atoms with Crippen LogP contribution in [-0.2, 0) is 45.4 Å². The van der Waals surface area contributed by atoms with Gasteiger partial charge >= 0.3 is 23.9 Å². The number of pyridine rings is 4. The summed E-state index contributed by atoms with van der Waals surface area (Å²) in [4.78, 5) is 115. The van der Waals surface area contributed by atoms with Gasteiger partial charge < -0.3 is 99.4 Å². The third-order valence-electron chi connectivity index (χ3n) is 24.7. The van der Waals surface area contributed by atoms with Crippen LogP contribution in [0.25, 0.3) is 143 Å². The number of furan rings is 1. The van der Waals surface area contributed by atoms with E-state index in [1.165, 1.54) is 87.2 Å². The van der Waals surface area contributed by atoms with Gasteiger partial charge in [-0.1, -0.05) is 29.8 Å². The maximum atomic E-state index is 15.1. The number of nitrogen functional groups attached to an aromatic ring is 3. The molecule has 0 bridgehead atoms. The summed E-state index contributed by atoms with van der Waals surface area (Å²) in [6.45, 7) is 1.12. The Hall–Kier alpha value is -18.2. The number of carbonyl (C=O) groups is 4. The summed E-state index contributed by atoms with van der Waals surface area (Å²) in [5, 5.41) is 69.0. The van der Waals surface area contributed by atoms with Gasteiger partial charge in [0.1, 0.15) is 79.9 Å². The van der Waals surface area contributed by atoms with E-state index in [1.807, 2.05) is 24.3 Å². The molecule has 40 heteroatoms. The summed E-state index contributed by atoms with van der Waals surface area (Å²) < 4.78 is 89.2. The molecule has 0 amide bonds. The zero-order valence-electron chi connectivity index (χ0n) is 70.3. The summed E-state index contributed by atoms with van der Waals surface area (Å²) in [7, 11) is 0. The number of ether oxygens (including phenoxy) is 3. The Labute approximate surface area is 760 Å².